The van der Waals surface area contributed by atoms with Gasteiger partial charge in [0.05, 0.1) is 49.9 Å². The molecule has 8 nitrogen and oxygen atoms in total. The number of halogens is 1. The number of methoxy groups -OCH3 is 1. The minimum absolute atomic E-state index is 0.0791. The van der Waals surface area contributed by atoms with Gasteiger partial charge in [-0.25, -0.2) is 17.8 Å². The lowest BCUT2D eigenvalue weighted by molar-refractivity contribution is -0.131. The summed E-state index contributed by atoms with van der Waals surface area (Å²) in [4.78, 5) is 19.1. The summed E-state index contributed by atoms with van der Waals surface area (Å²) in [5.74, 6) is -1.20. The van der Waals surface area contributed by atoms with Crippen LogP contribution in [0.1, 0.15) is 29.7 Å². The molecule has 1 fully saturated rings. The van der Waals surface area contributed by atoms with Crippen LogP contribution in [0.15, 0.2) is 66.0 Å². The molecule has 10 heteroatoms. The summed E-state index contributed by atoms with van der Waals surface area (Å²) in [7, 11) is -2.42. The van der Waals surface area contributed by atoms with Gasteiger partial charge in [0.1, 0.15) is 5.82 Å². The van der Waals surface area contributed by atoms with Crippen molar-refractivity contribution in [2.75, 3.05) is 26.9 Å². The number of nitrogens with zero attached hydrogens (tertiary/aromatic N) is 3. The Morgan fingerprint density at radius 3 is 2.65 bits per heavy atom. The smallest absolute Gasteiger partial charge is 0.228 e. The van der Waals surface area contributed by atoms with Crippen LogP contribution in [0.4, 0.5) is 4.39 Å². The van der Waals surface area contributed by atoms with E-state index < -0.39 is 21.4 Å². The van der Waals surface area contributed by atoms with Crippen LogP contribution >= 0.6 is 0 Å². The lowest BCUT2D eigenvalue weighted by atomic mass is 10.1. The highest BCUT2D eigenvalue weighted by atomic mass is 32.2. The summed E-state index contributed by atoms with van der Waals surface area (Å²) < 4.78 is 53.7. The Balaban J connectivity index is 1.63. The standard InChI is InChI=1S/C27H32FN3O5S/c1-35-15-13-30(26(32)16-21-8-3-2-4-9-21)18-23-17-29-27(31(23)19-24-11-7-14-36-24)37(33,34)20-22-10-5-6-12-25(22)28/h2-6,8-10,12,17,24H,7,11,13-16,18-20H2,1H3/t24-/m1/s1. The van der Waals surface area contributed by atoms with Crippen molar-refractivity contribution >= 4 is 15.7 Å². The van der Waals surface area contributed by atoms with Crippen LogP contribution in [0.5, 0.6) is 0 Å². The fourth-order valence-corrected chi connectivity index (χ4v) is 5.92. The highest BCUT2D eigenvalue weighted by Crippen LogP contribution is 2.23. The van der Waals surface area contributed by atoms with Crippen LogP contribution in [-0.2, 0) is 49.4 Å². The molecule has 2 aromatic carbocycles. The third kappa shape index (κ3) is 7.03. The van der Waals surface area contributed by atoms with Crippen LogP contribution < -0.4 is 0 Å². The minimum Gasteiger partial charge on any atom is -0.383 e. The Morgan fingerprint density at radius 1 is 1.19 bits per heavy atom. The Morgan fingerprint density at radius 2 is 1.95 bits per heavy atom. The second-order valence-electron chi connectivity index (χ2n) is 9.10. The van der Waals surface area contributed by atoms with E-state index in [1.807, 2.05) is 30.3 Å². The second-order valence-corrected chi connectivity index (χ2v) is 11.0. The number of benzene rings is 2. The summed E-state index contributed by atoms with van der Waals surface area (Å²) in [6, 6.07) is 15.2. The molecule has 3 aromatic rings. The molecule has 0 N–H and O–H groups in total. The number of aromatic nitrogens is 2. The number of sulfone groups is 1. The second kappa shape index (κ2) is 12.4. The van der Waals surface area contributed by atoms with E-state index in [-0.39, 0.29) is 42.2 Å². The Labute approximate surface area is 216 Å². The average molecular weight is 530 g/mol. The van der Waals surface area contributed by atoms with E-state index in [1.54, 1.807) is 22.6 Å². The molecule has 0 spiro atoms. The van der Waals surface area contributed by atoms with E-state index in [4.69, 9.17) is 9.47 Å². The van der Waals surface area contributed by atoms with Crippen molar-refractivity contribution in [3.05, 3.63) is 83.4 Å². The number of hydrogen-bond acceptors (Lipinski definition) is 6. The van der Waals surface area contributed by atoms with E-state index in [2.05, 4.69) is 4.98 Å². The molecule has 0 radical (unpaired) electrons. The molecule has 1 saturated heterocycles. The van der Waals surface area contributed by atoms with Gasteiger partial charge >= 0.3 is 0 Å². The zero-order valence-electron chi connectivity index (χ0n) is 20.9. The number of imidazole rings is 1. The molecule has 1 amide bonds. The summed E-state index contributed by atoms with van der Waals surface area (Å²) in [5.41, 5.74) is 1.53. The first-order valence-corrected chi connectivity index (χ1v) is 14.0. The molecule has 4 rings (SSSR count). The molecular formula is C27H32FN3O5S. The molecule has 2 heterocycles. The fourth-order valence-electron chi connectivity index (χ4n) is 4.41. The van der Waals surface area contributed by atoms with Crippen LogP contribution in [0.3, 0.4) is 0 Å². The molecule has 1 atom stereocenters. The molecule has 0 saturated carbocycles. The molecule has 1 aliphatic rings. The van der Waals surface area contributed by atoms with E-state index in [0.29, 0.717) is 25.5 Å². The summed E-state index contributed by atoms with van der Waals surface area (Å²) in [5, 5.41) is -0.150. The van der Waals surface area contributed by atoms with Crippen molar-refractivity contribution in [1.82, 2.24) is 14.5 Å². The van der Waals surface area contributed by atoms with Crippen LogP contribution in [0, 0.1) is 5.82 Å². The largest absolute Gasteiger partial charge is 0.383 e. The van der Waals surface area contributed by atoms with E-state index in [0.717, 1.165) is 18.4 Å². The fraction of sp³-hybridized carbons (Fsp3) is 0.407. The van der Waals surface area contributed by atoms with Gasteiger partial charge in [-0.1, -0.05) is 48.5 Å². The molecule has 0 aliphatic carbocycles. The van der Waals surface area contributed by atoms with Gasteiger partial charge in [-0.3, -0.25) is 4.79 Å². The van der Waals surface area contributed by atoms with E-state index >= 15 is 0 Å². The molecule has 1 aliphatic heterocycles. The molecule has 1 aromatic heterocycles. The Hall–Kier alpha value is -3.08. The van der Waals surface area contributed by atoms with Crippen molar-refractivity contribution < 1.29 is 27.1 Å². The van der Waals surface area contributed by atoms with Gasteiger partial charge in [-0.15, -0.1) is 0 Å². The van der Waals surface area contributed by atoms with Gasteiger partial charge in [0, 0.05) is 25.8 Å². The highest BCUT2D eigenvalue weighted by molar-refractivity contribution is 7.90. The number of ether oxygens (including phenoxy) is 2. The van der Waals surface area contributed by atoms with Crippen LogP contribution in [0.2, 0.25) is 0 Å². The third-order valence-corrected chi connectivity index (χ3v) is 7.94. The van der Waals surface area contributed by atoms with Gasteiger partial charge in [-0.05, 0) is 24.5 Å². The summed E-state index contributed by atoms with van der Waals surface area (Å²) >= 11 is 0. The van der Waals surface area contributed by atoms with Gasteiger partial charge in [-0.2, -0.15) is 0 Å². The van der Waals surface area contributed by atoms with Crippen LogP contribution in [-0.4, -0.2) is 61.7 Å². The number of hydrogen-bond donors (Lipinski definition) is 0. The predicted molar refractivity (Wildman–Crippen MR) is 136 cm³/mol. The first-order valence-electron chi connectivity index (χ1n) is 12.3. The normalized spacial score (nSPS) is 15.7. The van der Waals surface area contributed by atoms with E-state index in [9.17, 15) is 17.6 Å². The minimum atomic E-state index is -3.98. The monoisotopic (exact) mass is 529 g/mol. The molecule has 0 bridgehead atoms. The average Bonchev–Trinajstić information content (AvgIpc) is 3.54. The summed E-state index contributed by atoms with van der Waals surface area (Å²) in [6.45, 7) is 1.72. The molecule has 0 unspecified atom stereocenters. The maximum absolute atomic E-state index is 14.3. The number of rotatable bonds is 12. The number of carbonyl (C=O) groups is 1. The van der Waals surface area contributed by atoms with Gasteiger partial charge in [0.2, 0.25) is 20.9 Å². The van der Waals surface area contributed by atoms with Crippen molar-refractivity contribution in [1.29, 1.82) is 0 Å². The van der Waals surface area contributed by atoms with Crippen LogP contribution in [0.25, 0.3) is 0 Å². The molecular weight excluding hydrogens is 497 g/mol. The van der Waals surface area contributed by atoms with Crippen molar-refractivity contribution in [2.45, 2.75) is 49.4 Å². The van der Waals surface area contributed by atoms with Crippen molar-refractivity contribution in [3.8, 4) is 0 Å². The first-order chi connectivity index (χ1) is 17.9. The first kappa shape index (κ1) is 27.0. The van der Waals surface area contributed by atoms with Gasteiger partial charge < -0.3 is 18.9 Å². The number of amides is 1. The SMILES string of the molecule is COCCN(Cc1cnc(S(=O)(=O)Cc2ccccc2F)n1C[C@H]1CCCO1)C(=O)Cc1ccccc1. The zero-order chi connectivity index (χ0) is 26.3. The van der Waals surface area contributed by atoms with Gasteiger partial charge in [0.25, 0.3) is 0 Å². The zero-order valence-corrected chi connectivity index (χ0v) is 21.7. The topological polar surface area (TPSA) is 90.7 Å². The number of carbonyl (C=O) groups excluding carboxylic acids is 1. The lowest BCUT2D eigenvalue weighted by Gasteiger charge is -2.24. The third-order valence-electron chi connectivity index (χ3n) is 6.36. The molecule has 37 heavy (non-hydrogen) atoms. The molecule has 198 valence electrons. The van der Waals surface area contributed by atoms with Gasteiger partial charge in [0.15, 0.2) is 0 Å². The van der Waals surface area contributed by atoms with E-state index in [1.165, 1.54) is 24.4 Å². The highest BCUT2D eigenvalue weighted by Gasteiger charge is 2.29. The Bertz CT molecular complexity index is 1290. The Kier molecular flexibility index (Phi) is 9.07. The quantitative estimate of drug-likeness (QED) is 0.357. The predicted octanol–water partition coefficient (Wildman–Crippen LogP) is 3.39. The van der Waals surface area contributed by atoms with Crippen molar-refractivity contribution in [3.63, 3.8) is 0 Å². The van der Waals surface area contributed by atoms with Crippen molar-refractivity contribution in [2.24, 2.45) is 0 Å². The summed E-state index contributed by atoms with van der Waals surface area (Å²) in [6.07, 6.45) is 3.22. The lowest BCUT2D eigenvalue weighted by Crippen LogP contribution is -2.35. The maximum atomic E-state index is 14.3. The maximum Gasteiger partial charge on any atom is 0.228 e.